The van der Waals surface area contributed by atoms with E-state index < -0.39 is 0 Å². The van der Waals surface area contributed by atoms with Crippen LogP contribution in [0.2, 0.25) is 6.32 Å². The third-order valence-electron chi connectivity index (χ3n) is 1.83. The highest BCUT2D eigenvalue weighted by atomic mass is 14.0. The van der Waals surface area contributed by atoms with E-state index in [9.17, 15) is 0 Å². The average molecular weight is 115 g/mol. The minimum Gasteiger partial charge on any atom is -0.0847 e. The van der Waals surface area contributed by atoms with Crippen LogP contribution in [-0.2, 0) is 6.42 Å². The van der Waals surface area contributed by atoms with Crippen molar-refractivity contribution in [3.63, 3.8) is 0 Å². The smallest absolute Gasteiger partial charge is 0.0847 e. The predicted molar refractivity (Wildman–Crippen MR) is 40.3 cm³/mol. The van der Waals surface area contributed by atoms with Crippen LogP contribution in [-0.4, -0.2) is 7.28 Å². The van der Waals surface area contributed by atoms with Crippen molar-refractivity contribution in [2.75, 3.05) is 0 Å². The van der Waals surface area contributed by atoms with Crippen LogP contribution in [0, 0.1) is 0 Å². The molecule has 0 aromatic heterocycles. The van der Waals surface area contributed by atoms with E-state index >= 15 is 0 Å². The molecular formula is C8H8B. The van der Waals surface area contributed by atoms with E-state index in [-0.39, 0.29) is 0 Å². The van der Waals surface area contributed by atoms with Gasteiger partial charge in [0.05, 0.1) is 0 Å². The zero-order valence-electron chi connectivity index (χ0n) is 5.30. The molecule has 1 radical (unpaired) electrons. The first-order chi connectivity index (χ1) is 4.47. The van der Waals surface area contributed by atoms with Crippen molar-refractivity contribution >= 4 is 12.7 Å². The standard InChI is InChI=1S/C8H8B/c1-2-4-8-7(3-1)5-6-9-8/h1-4H,5-6H2. The van der Waals surface area contributed by atoms with Gasteiger partial charge in [0, 0.05) is 0 Å². The van der Waals surface area contributed by atoms with Gasteiger partial charge in [-0.2, -0.15) is 0 Å². The number of fused-ring (bicyclic) bond motifs is 1. The zero-order valence-corrected chi connectivity index (χ0v) is 5.30. The molecule has 0 aliphatic carbocycles. The van der Waals surface area contributed by atoms with Crippen LogP contribution in [0.15, 0.2) is 24.3 Å². The van der Waals surface area contributed by atoms with Crippen LogP contribution in [0.5, 0.6) is 0 Å². The summed E-state index contributed by atoms with van der Waals surface area (Å²) in [4.78, 5) is 0. The van der Waals surface area contributed by atoms with E-state index in [0.29, 0.717) is 0 Å². The highest BCUT2D eigenvalue weighted by Gasteiger charge is 2.08. The molecule has 0 nitrogen and oxygen atoms in total. The van der Waals surface area contributed by atoms with Gasteiger partial charge in [-0.25, -0.2) is 0 Å². The van der Waals surface area contributed by atoms with E-state index in [4.69, 9.17) is 0 Å². The fourth-order valence-electron chi connectivity index (χ4n) is 1.34. The predicted octanol–water partition coefficient (Wildman–Crippen LogP) is 0.990. The summed E-state index contributed by atoms with van der Waals surface area (Å²) in [5.41, 5.74) is 2.95. The summed E-state index contributed by atoms with van der Waals surface area (Å²) >= 11 is 0. The van der Waals surface area contributed by atoms with Gasteiger partial charge in [0.1, 0.15) is 0 Å². The second-order valence-corrected chi connectivity index (χ2v) is 2.44. The molecule has 1 heteroatoms. The van der Waals surface area contributed by atoms with E-state index in [2.05, 4.69) is 31.5 Å². The number of aryl methyl sites for hydroxylation is 1. The largest absolute Gasteiger partial charge is 0.152 e. The maximum Gasteiger partial charge on any atom is 0.152 e. The molecule has 9 heavy (non-hydrogen) atoms. The summed E-state index contributed by atoms with van der Waals surface area (Å²) < 4.78 is 0. The molecule has 0 saturated heterocycles. The maximum atomic E-state index is 2.30. The van der Waals surface area contributed by atoms with Crippen molar-refractivity contribution in [2.24, 2.45) is 0 Å². The Hall–Kier alpha value is -0.715. The minimum atomic E-state index is 1.24. The Labute approximate surface area is 56.1 Å². The first-order valence-electron chi connectivity index (χ1n) is 3.38. The Kier molecular flexibility index (Phi) is 1.08. The molecule has 1 aromatic rings. The lowest BCUT2D eigenvalue weighted by atomic mass is 9.72. The minimum absolute atomic E-state index is 1.24. The Morgan fingerprint density at radius 2 is 2.11 bits per heavy atom. The Morgan fingerprint density at radius 3 is 3.00 bits per heavy atom. The molecule has 1 aliphatic heterocycles. The molecule has 2 rings (SSSR count). The lowest BCUT2D eigenvalue weighted by Crippen LogP contribution is -2.08. The number of hydrogen-bond acceptors (Lipinski definition) is 0. The van der Waals surface area contributed by atoms with Crippen molar-refractivity contribution in [1.29, 1.82) is 0 Å². The molecule has 0 N–H and O–H groups in total. The molecule has 1 aliphatic rings. The molecule has 0 unspecified atom stereocenters. The molecule has 0 amide bonds. The normalized spacial score (nSPS) is 14.7. The van der Waals surface area contributed by atoms with Crippen LogP contribution in [0.4, 0.5) is 0 Å². The first kappa shape index (κ1) is 5.10. The molecule has 0 fully saturated rings. The van der Waals surface area contributed by atoms with E-state index in [1.807, 2.05) is 0 Å². The van der Waals surface area contributed by atoms with E-state index in [1.165, 1.54) is 23.8 Å². The van der Waals surface area contributed by atoms with Crippen molar-refractivity contribution in [3.05, 3.63) is 29.8 Å². The highest BCUT2D eigenvalue weighted by Crippen LogP contribution is 2.06. The van der Waals surface area contributed by atoms with E-state index in [0.717, 1.165) is 0 Å². The van der Waals surface area contributed by atoms with Gasteiger partial charge < -0.3 is 0 Å². The Bertz CT molecular complexity index is 195. The SMILES string of the molecule is [B]1CCc2ccccc21. The van der Waals surface area contributed by atoms with Crippen LogP contribution >= 0.6 is 0 Å². The quantitative estimate of drug-likeness (QED) is 0.442. The lowest BCUT2D eigenvalue weighted by molar-refractivity contribution is 1.17. The molecule has 0 saturated carbocycles. The van der Waals surface area contributed by atoms with Gasteiger partial charge in [-0.15, -0.1) is 0 Å². The van der Waals surface area contributed by atoms with Gasteiger partial charge in [0.2, 0.25) is 0 Å². The summed E-state index contributed by atoms with van der Waals surface area (Å²) in [6.45, 7) is 0. The first-order valence-corrected chi connectivity index (χ1v) is 3.38. The summed E-state index contributed by atoms with van der Waals surface area (Å²) in [5, 5.41) is 0. The van der Waals surface area contributed by atoms with Crippen LogP contribution in [0.1, 0.15) is 5.56 Å². The molecule has 1 aromatic carbocycles. The molecule has 0 bridgehead atoms. The van der Waals surface area contributed by atoms with E-state index in [1.54, 1.807) is 0 Å². The molecule has 0 spiro atoms. The molecular weight excluding hydrogens is 107 g/mol. The fourth-order valence-corrected chi connectivity index (χ4v) is 1.34. The van der Waals surface area contributed by atoms with Crippen LogP contribution < -0.4 is 5.46 Å². The molecule has 1 heterocycles. The summed E-state index contributed by atoms with van der Waals surface area (Å²) in [6, 6.07) is 8.60. The number of benzene rings is 1. The Balaban J connectivity index is 2.54. The Morgan fingerprint density at radius 1 is 1.22 bits per heavy atom. The van der Waals surface area contributed by atoms with Gasteiger partial charge in [-0.05, 0) is 6.42 Å². The van der Waals surface area contributed by atoms with Gasteiger partial charge in [0.15, 0.2) is 7.28 Å². The zero-order chi connectivity index (χ0) is 6.10. The average Bonchev–Trinajstić information content (AvgIpc) is 2.33. The van der Waals surface area contributed by atoms with Crippen molar-refractivity contribution < 1.29 is 0 Å². The summed E-state index contributed by atoms with van der Waals surface area (Å²) in [5.74, 6) is 0. The maximum absolute atomic E-state index is 2.30. The van der Waals surface area contributed by atoms with Gasteiger partial charge >= 0.3 is 0 Å². The van der Waals surface area contributed by atoms with Crippen LogP contribution in [0.25, 0.3) is 0 Å². The van der Waals surface area contributed by atoms with Gasteiger partial charge in [-0.1, -0.05) is 41.6 Å². The molecule has 43 valence electrons. The van der Waals surface area contributed by atoms with Crippen molar-refractivity contribution in [2.45, 2.75) is 12.7 Å². The number of hydrogen-bond donors (Lipinski definition) is 0. The monoisotopic (exact) mass is 115 g/mol. The second-order valence-electron chi connectivity index (χ2n) is 2.44. The van der Waals surface area contributed by atoms with Gasteiger partial charge in [-0.3, -0.25) is 0 Å². The third-order valence-corrected chi connectivity index (χ3v) is 1.83. The summed E-state index contributed by atoms with van der Waals surface area (Å²) in [7, 11) is 2.30. The third kappa shape index (κ3) is 0.767. The summed E-state index contributed by atoms with van der Waals surface area (Å²) in [6.07, 6.45) is 2.48. The van der Waals surface area contributed by atoms with Gasteiger partial charge in [0.25, 0.3) is 0 Å². The highest BCUT2D eigenvalue weighted by molar-refractivity contribution is 6.55. The van der Waals surface area contributed by atoms with Crippen molar-refractivity contribution in [1.82, 2.24) is 0 Å². The van der Waals surface area contributed by atoms with Crippen molar-refractivity contribution in [3.8, 4) is 0 Å². The fraction of sp³-hybridized carbons (Fsp3) is 0.250. The topological polar surface area (TPSA) is 0 Å². The lowest BCUT2D eigenvalue weighted by Gasteiger charge is -1.93. The second kappa shape index (κ2) is 1.91. The number of rotatable bonds is 0. The van der Waals surface area contributed by atoms with Crippen LogP contribution in [0.3, 0.4) is 0 Å². The molecule has 0 atom stereocenters.